The van der Waals surface area contributed by atoms with E-state index in [1.165, 1.54) is 5.56 Å². The number of rotatable bonds is 1. The van der Waals surface area contributed by atoms with Crippen LogP contribution in [0.25, 0.3) is 0 Å². The third-order valence-electron chi connectivity index (χ3n) is 1.17. The number of nitrogens with zero attached hydrogens (tertiary/aromatic N) is 1. The second-order valence-corrected chi connectivity index (χ2v) is 2.74. The SMILES string of the molecule is C[C@H](S)c1cccnc1. The average Bonchev–Trinajstić information content (AvgIpc) is 1.90. The van der Waals surface area contributed by atoms with E-state index < -0.39 is 0 Å². The van der Waals surface area contributed by atoms with Crippen molar-refractivity contribution in [2.75, 3.05) is 0 Å². The summed E-state index contributed by atoms with van der Waals surface area (Å²) in [5.41, 5.74) is 1.17. The molecule has 0 aliphatic rings. The van der Waals surface area contributed by atoms with E-state index >= 15 is 0 Å². The predicted molar refractivity (Wildman–Crippen MR) is 41.6 cm³/mol. The first kappa shape index (κ1) is 6.62. The van der Waals surface area contributed by atoms with Crippen molar-refractivity contribution in [3.8, 4) is 0 Å². The number of thiol groups is 1. The summed E-state index contributed by atoms with van der Waals surface area (Å²) in [5, 5.41) is 0.290. The van der Waals surface area contributed by atoms with E-state index in [2.05, 4.69) is 17.6 Å². The highest BCUT2D eigenvalue weighted by Crippen LogP contribution is 2.15. The van der Waals surface area contributed by atoms with Gasteiger partial charge in [-0.05, 0) is 18.6 Å². The minimum Gasteiger partial charge on any atom is -0.264 e. The maximum atomic E-state index is 4.25. The zero-order valence-electron chi connectivity index (χ0n) is 5.28. The summed E-state index contributed by atoms with van der Waals surface area (Å²) in [6.45, 7) is 2.03. The first-order chi connectivity index (χ1) is 4.30. The van der Waals surface area contributed by atoms with Gasteiger partial charge in [-0.1, -0.05) is 6.07 Å². The highest BCUT2D eigenvalue weighted by atomic mass is 32.1. The van der Waals surface area contributed by atoms with Crippen molar-refractivity contribution in [1.29, 1.82) is 0 Å². The molecule has 0 aliphatic carbocycles. The van der Waals surface area contributed by atoms with Crippen LogP contribution >= 0.6 is 12.6 Å². The van der Waals surface area contributed by atoms with Crippen molar-refractivity contribution in [2.45, 2.75) is 12.2 Å². The molecular formula is C7H9NS. The van der Waals surface area contributed by atoms with Gasteiger partial charge in [0, 0.05) is 17.6 Å². The van der Waals surface area contributed by atoms with Crippen LogP contribution in [0.1, 0.15) is 17.7 Å². The molecule has 0 aliphatic heterocycles. The van der Waals surface area contributed by atoms with Gasteiger partial charge in [0.2, 0.25) is 0 Å². The Labute approximate surface area is 60.5 Å². The van der Waals surface area contributed by atoms with E-state index in [4.69, 9.17) is 0 Å². The van der Waals surface area contributed by atoms with Gasteiger partial charge in [-0.3, -0.25) is 4.98 Å². The smallest absolute Gasteiger partial charge is 0.0310 e. The van der Waals surface area contributed by atoms with Gasteiger partial charge >= 0.3 is 0 Å². The molecule has 1 atom stereocenters. The predicted octanol–water partition coefficient (Wildman–Crippen LogP) is 2.07. The first-order valence-corrected chi connectivity index (χ1v) is 3.40. The number of hydrogen-bond acceptors (Lipinski definition) is 2. The zero-order chi connectivity index (χ0) is 6.69. The normalized spacial score (nSPS) is 13.1. The summed E-state index contributed by atoms with van der Waals surface area (Å²) in [7, 11) is 0. The molecule has 0 N–H and O–H groups in total. The fourth-order valence-corrected chi connectivity index (χ4v) is 0.776. The summed E-state index contributed by atoms with van der Waals surface area (Å²) < 4.78 is 0. The zero-order valence-corrected chi connectivity index (χ0v) is 6.18. The van der Waals surface area contributed by atoms with Crippen molar-refractivity contribution in [3.63, 3.8) is 0 Å². The van der Waals surface area contributed by atoms with Crippen LogP contribution in [0.3, 0.4) is 0 Å². The van der Waals surface area contributed by atoms with Crippen LogP contribution in [0, 0.1) is 0 Å². The number of pyridine rings is 1. The third-order valence-corrected chi connectivity index (χ3v) is 1.46. The Hall–Kier alpha value is -0.500. The van der Waals surface area contributed by atoms with E-state index in [0.29, 0.717) is 5.25 Å². The van der Waals surface area contributed by atoms with Gasteiger partial charge in [0.15, 0.2) is 0 Å². The van der Waals surface area contributed by atoms with Crippen LogP contribution in [0.2, 0.25) is 0 Å². The maximum absolute atomic E-state index is 4.25. The van der Waals surface area contributed by atoms with Gasteiger partial charge in [-0.15, -0.1) is 0 Å². The Morgan fingerprint density at radius 1 is 1.67 bits per heavy atom. The lowest BCUT2D eigenvalue weighted by molar-refractivity contribution is 1.08. The van der Waals surface area contributed by atoms with Crippen LogP contribution in [-0.4, -0.2) is 4.98 Å². The topological polar surface area (TPSA) is 12.9 Å². The minimum atomic E-state index is 0.290. The molecule has 0 radical (unpaired) electrons. The van der Waals surface area contributed by atoms with Crippen molar-refractivity contribution < 1.29 is 0 Å². The number of aromatic nitrogens is 1. The molecule has 0 saturated carbocycles. The molecule has 9 heavy (non-hydrogen) atoms. The summed E-state index contributed by atoms with van der Waals surface area (Å²) >= 11 is 4.25. The second kappa shape index (κ2) is 2.87. The molecule has 48 valence electrons. The Kier molecular flexibility index (Phi) is 2.11. The molecule has 0 fully saturated rings. The molecule has 0 aromatic carbocycles. The fraction of sp³-hybridized carbons (Fsp3) is 0.286. The molecule has 0 saturated heterocycles. The van der Waals surface area contributed by atoms with Crippen molar-refractivity contribution in [2.24, 2.45) is 0 Å². The molecule has 1 rings (SSSR count). The largest absolute Gasteiger partial charge is 0.264 e. The van der Waals surface area contributed by atoms with Crippen LogP contribution in [0.4, 0.5) is 0 Å². The lowest BCUT2D eigenvalue weighted by Gasteiger charge is -2.00. The first-order valence-electron chi connectivity index (χ1n) is 2.88. The molecule has 1 heterocycles. The third kappa shape index (κ3) is 1.72. The van der Waals surface area contributed by atoms with E-state index in [-0.39, 0.29) is 0 Å². The van der Waals surface area contributed by atoms with Crippen LogP contribution in [0.5, 0.6) is 0 Å². The van der Waals surface area contributed by atoms with Crippen molar-refractivity contribution in [1.82, 2.24) is 4.98 Å². The second-order valence-electron chi connectivity index (χ2n) is 1.96. The standard InChI is InChI=1S/C7H9NS/c1-6(9)7-3-2-4-8-5-7/h2-6,9H,1H3/t6-/m0/s1. The lowest BCUT2D eigenvalue weighted by atomic mass is 10.2. The Balaban J connectivity index is 2.85. The fourth-order valence-electron chi connectivity index (χ4n) is 0.623. The van der Waals surface area contributed by atoms with Crippen LogP contribution < -0.4 is 0 Å². The molecule has 2 heteroatoms. The molecule has 0 unspecified atom stereocenters. The quantitative estimate of drug-likeness (QED) is 0.588. The Morgan fingerprint density at radius 3 is 2.78 bits per heavy atom. The molecule has 0 amide bonds. The van der Waals surface area contributed by atoms with Gasteiger partial charge < -0.3 is 0 Å². The monoisotopic (exact) mass is 139 g/mol. The minimum absolute atomic E-state index is 0.290. The molecule has 0 spiro atoms. The summed E-state index contributed by atoms with van der Waals surface area (Å²) in [5.74, 6) is 0. The molecule has 1 aromatic rings. The van der Waals surface area contributed by atoms with E-state index in [9.17, 15) is 0 Å². The van der Waals surface area contributed by atoms with Gasteiger partial charge in [-0.25, -0.2) is 0 Å². The van der Waals surface area contributed by atoms with Gasteiger partial charge in [-0.2, -0.15) is 12.6 Å². The Bertz CT molecular complexity index is 172. The van der Waals surface area contributed by atoms with Crippen LogP contribution in [0.15, 0.2) is 24.5 Å². The van der Waals surface area contributed by atoms with E-state index in [1.54, 1.807) is 6.20 Å². The van der Waals surface area contributed by atoms with Gasteiger partial charge in [0.05, 0.1) is 0 Å². The highest BCUT2D eigenvalue weighted by molar-refractivity contribution is 7.80. The van der Waals surface area contributed by atoms with E-state index in [0.717, 1.165) is 0 Å². The average molecular weight is 139 g/mol. The Morgan fingerprint density at radius 2 is 2.44 bits per heavy atom. The van der Waals surface area contributed by atoms with Gasteiger partial charge in [0.25, 0.3) is 0 Å². The van der Waals surface area contributed by atoms with Crippen molar-refractivity contribution >= 4 is 12.6 Å². The van der Waals surface area contributed by atoms with Gasteiger partial charge in [0.1, 0.15) is 0 Å². The molecule has 1 nitrogen and oxygen atoms in total. The lowest BCUT2D eigenvalue weighted by Crippen LogP contribution is -1.83. The molecular weight excluding hydrogens is 130 g/mol. The van der Waals surface area contributed by atoms with Crippen LogP contribution in [-0.2, 0) is 0 Å². The number of hydrogen-bond donors (Lipinski definition) is 1. The highest BCUT2D eigenvalue weighted by Gasteiger charge is 1.95. The summed E-state index contributed by atoms with van der Waals surface area (Å²) in [6.07, 6.45) is 3.59. The summed E-state index contributed by atoms with van der Waals surface area (Å²) in [6, 6.07) is 3.94. The molecule has 0 bridgehead atoms. The summed E-state index contributed by atoms with van der Waals surface area (Å²) in [4.78, 5) is 3.96. The van der Waals surface area contributed by atoms with Crippen molar-refractivity contribution in [3.05, 3.63) is 30.1 Å². The maximum Gasteiger partial charge on any atom is 0.0310 e. The molecule has 1 aromatic heterocycles. The van der Waals surface area contributed by atoms with E-state index in [1.807, 2.05) is 25.3 Å².